The highest BCUT2D eigenvalue weighted by Crippen LogP contribution is 2.38. The SMILES string of the molecule is COc1cc(C(=O)OCC(C)O)cc(OC)c1OC. The van der Waals surface area contributed by atoms with Gasteiger partial charge in [-0.05, 0) is 19.1 Å². The van der Waals surface area contributed by atoms with Crippen LogP contribution < -0.4 is 14.2 Å². The van der Waals surface area contributed by atoms with E-state index in [2.05, 4.69) is 0 Å². The second-order valence-electron chi connectivity index (χ2n) is 3.86. The molecule has 1 unspecified atom stereocenters. The van der Waals surface area contributed by atoms with Gasteiger partial charge >= 0.3 is 5.97 Å². The third-order valence-corrected chi connectivity index (χ3v) is 2.36. The molecule has 0 bridgehead atoms. The van der Waals surface area contributed by atoms with E-state index in [9.17, 15) is 4.79 Å². The zero-order valence-electron chi connectivity index (χ0n) is 11.4. The zero-order chi connectivity index (χ0) is 14.4. The third-order valence-electron chi connectivity index (χ3n) is 2.36. The molecule has 1 rings (SSSR count). The molecule has 0 aliphatic rings. The van der Waals surface area contributed by atoms with Crippen molar-refractivity contribution < 1.29 is 28.8 Å². The molecule has 0 heterocycles. The Morgan fingerprint density at radius 3 is 2.05 bits per heavy atom. The van der Waals surface area contributed by atoms with Crippen molar-refractivity contribution in [3.05, 3.63) is 17.7 Å². The average molecular weight is 270 g/mol. The molecule has 0 saturated heterocycles. The summed E-state index contributed by atoms with van der Waals surface area (Å²) in [4.78, 5) is 11.8. The van der Waals surface area contributed by atoms with Crippen molar-refractivity contribution in [2.45, 2.75) is 13.0 Å². The van der Waals surface area contributed by atoms with E-state index < -0.39 is 12.1 Å². The van der Waals surface area contributed by atoms with Crippen LogP contribution in [0.25, 0.3) is 0 Å². The van der Waals surface area contributed by atoms with Crippen LogP contribution in [-0.2, 0) is 4.74 Å². The maximum absolute atomic E-state index is 11.8. The van der Waals surface area contributed by atoms with Gasteiger partial charge in [-0.15, -0.1) is 0 Å². The number of esters is 1. The van der Waals surface area contributed by atoms with Gasteiger partial charge in [-0.25, -0.2) is 4.79 Å². The summed E-state index contributed by atoms with van der Waals surface area (Å²) in [5.41, 5.74) is 0.259. The Kier molecular flexibility index (Phi) is 5.44. The lowest BCUT2D eigenvalue weighted by atomic mass is 10.2. The van der Waals surface area contributed by atoms with Crippen LogP contribution >= 0.6 is 0 Å². The summed E-state index contributed by atoms with van der Waals surface area (Å²) in [6.07, 6.45) is -0.717. The number of ether oxygens (including phenoxy) is 4. The molecule has 0 aliphatic carbocycles. The van der Waals surface area contributed by atoms with Crippen molar-refractivity contribution in [3.8, 4) is 17.2 Å². The highest BCUT2D eigenvalue weighted by molar-refractivity contribution is 5.91. The molecule has 1 atom stereocenters. The average Bonchev–Trinajstić information content (AvgIpc) is 2.42. The normalized spacial score (nSPS) is 11.6. The topological polar surface area (TPSA) is 74.2 Å². The minimum atomic E-state index is -0.717. The number of carbonyl (C=O) groups excluding carboxylic acids is 1. The molecular weight excluding hydrogens is 252 g/mol. The smallest absolute Gasteiger partial charge is 0.338 e. The fourth-order valence-corrected chi connectivity index (χ4v) is 1.48. The van der Waals surface area contributed by atoms with Crippen molar-refractivity contribution in [2.75, 3.05) is 27.9 Å². The van der Waals surface area contributed by atoms with Crippen LogP contribution in [0.3, 0.4) is 0 Å². The second kappa shape index (κ2) is 6.84. The van der Waals surface area contributed by atoms with Gasteiger partial charge in [-0.1, -0.05) is 0 Å². The molecule has 1 aromatic rings. The van der Waals surface area contributed by atoms with E-state index in [0.717, 1.165) is 0 Å². The number of benzene rings is 1. The molecular formula is C13H18O6. The predicted molar refractivity (Wildman–Crippen MR) is 68.1 cm³/mol. The third kappa shape index (κ3) is 3.75. The molecule has 0 aromatic heterocycles. The molecule has 106 valence electrons. The van der Waals surface area contributed by atoms with Crippen molar-refractivity contribution in [3.63, 3.8) is 0 Å². The van der Waals surface area contributed by atoms with Gasteiger partial charge in [0.05, 0.1) is 33.0 Å². The Morgan fingerprint density at radius 2 is 1.68 bits per heavy atom. The van der Waals surface area contributed by atoms with Crippen LogP contribution in [0.1, 0.15) is 17.3 Å². The Bertz CT molecular complexity index is 416. The first-order chi connectivity index (χ1) is 9.03. The number of rotatable bonds is 6. The lowest BCUT2D eigenvalue weighted by molar-refractivity contribution is 0.0295. The van der Waals surface area contributed by atoms with Gasteiger partial charge in [0.2, 0.25) is 5.75 Å². The second-order valence-corrected chi connectivity index (χ2v) is 3.86. The van der Waals surface area contributed by atoms with Gasteiger partial charge in [-0.2, -0.15) is 0 Å². The molecule has 0 saturated carbocycles. The Balaban J connectivity index is 3.05. The summed E-state index contributed by atoms with van der Waals surface area (Å²) < 4.78 is 20.3. The van der Waals surface area contributed by atoms with Gasteiger partial charge < -0.3 is 24.1 Å². The monoisotopic (exact) mass is 270 g/mol. The molecule has 6 heteroatoms. The maximum atomic E-state index is 11.8. The first-order valence-electron chi connectivity index (χ1n) is 5.68. The summed E-state index contributed by atoms with van der Waals surface area (Å²) >= 11 is 0. The number of aliphatic hydroxyl groups is 1. The molecule has 0 radical (unpaired) electrons. The molecule has 0 fully saturated rings. The Morgan fingerprint density at radius 1 is 1.16 bits per heavy atom. The van der Waals surface area contributed by atoms with E-state index in [4.69, 9.17) is 24.1 Å². The maximum Gasteiger partial charge on any atom is 0.338 e. The number of hydrogen-bond donors (Lipinski definition) is 1. The van der Waals surface area contributed by atoms with Gasteiger partial charge in [0.15, 0.2) is 11.5 Å². The predicted octanol–water partition coefficient (Wildman–Crippen LogP) is 1.25. The van der Waals surface area contributed by atoms with Crippen LogP contribution in [0.4, 0.5) is 0 Å². The van der Waals surface area contributed by atoms with E-state index in [-0.39, 0.29) is 12.2 Å². The summed E-state index contributed by atoms with van der Waals surface area (Å²) in [5.74, 6) is 0.564. The van der Waals surface area contributed by atoms with E-state index >= 15 is 0 Å². The first-order valence-corrected chi connectivity index (χ1v) is 5.68. The van der Waals surface area contributed by atoms with Crippen LogP contribution in [-0.4, -0.2) is 45.1 Å². The highest BCUT2D eigenvalue weighted by atomic mass is 16.5. The fraction of sp³-hybridized carbons (Fsp3) is 0.462. The lowest BCUT2D eigenvalue weighted by Crippen LogP contribution is -2.15. The number of hydrogen-bond acceptors (Lipinski definition) is 6. The first kappa shape index (κ1) is 15.1. The zero-order valence-corrected chi connectivity index (χ0v) is 11.4. The van der Waals surface area contributed by atoms with Gasteiger partial charge in [0, 0.05) is 0 Å². The van der Waals surface area contributed by atoms with E-state index in [1.165, 1.54) is 40.4 Å². The van der Waals surface area contributed by atoms with E-state index in [0.29, 0.717) is 17.2 Å². The molecule has 0 spiro atoms. The summed E-state index contributed by atoms with van der Waals surface area (Å²) in [6, 6.07) is 2.98. The summed E-state index contributed by atoms with van der Waals surface area (Å²) in [7, 11) is 4.40. The van der Waals surface area contributed by atoms with E-state index in [1.807, 2.05) is 0 Å². The van der Waals surface area contributed by atoms with E-state index in [1.54, 1.807) is 0 Å². The number of carbonyl (C=O) groups is 1. The van der Waals surface area contributed by atoms with Crippen molar-refractivity contribution in [2.24, 2.45) is 0 Å². The van der Waals surface area contributed by atoms with Gasteiger partial charge in [0.1, 0.15) is 6.61 Å². The van der Waals surface area contributed by atoms with Crippen LogP contribution in [0, 0.1) is 0 Å². The highest BCUT2D eigenvalue weighted by Gasteiger charge is 2.18. The van der Waals surface area contributed by atoms with Crippen LogP contribution in [0.15, 0.2) is 12.1 Å². The van der Waals surface area contributed by atoms with Gasteiger partial charge in [0.25, 0.3) is 0 Å². The molecule has 6 nitrogen and oxygen atoms in total. The molecule has 0 aliphatic heterocycles. The minimum Gasteiger partial charge on any atom is -0.493 e. The van der Waals surface area contributed by atoms with Crippen molar-refractivity contribution in [1.29, 1.82) is 0 Å². The molecule has 0 amide bonds. The standard InChI is InChI=1S/C13H18O6/c1-8(14)7-19-13(15)9-5-10(16-2)12(18-4)11(6-9)17-3/h5-6,8,14H,7H2,1-4H3. The van der Waals surface area contributed by atoms with Gasteiger partial charge in [-0.3, -0.25) is 0 Å². The van der Waals surface area contributed by atoms with Crippen LogP contribution in [0.2, 0.25) is 0 Å². The van der Waals surface area contributed by atoms with Crippen LogP contribution in [0.5, 0.6) is 17.2 Å². The largest absolute Gasteiger partial charge is 0.493 e. The number of aliphatic hydroxyl groups excluding tert-OH is 1. The Labute approximate surface area is 111 Å². The number of methoxy groups -OCH3 is 3. The molecule has 1 N–H and O–H groups in total. The summed E-state index contributed by atoms with van der Waals surface area (Å²) in [6.45, 7) is 1.46. The van der Waals surface area contributed by atoms with Crippen molar-refractivity contribution in [1.82, 2.24) is 0 Å². The fourth-order valence-electron chi connectivity index (χ4n) is 1.48. The van der Waals surface area contributed by atoms with Crippen molar-refractivity contribution >= 4 is 5.97 Å². The quantitative estimate of drug-likeness (QED) is 0.784. The minimum absolute atomic E-state index is 0.0739. The summed E-state index contributed by atoms with van der Waals surface area (Å²) in [5, 5.41) is 9.09. The Hall–Kier alpha value is -1.95. The molecule has 19 heavy (non-hydrogen) atoms. The lowest BCUT2D eigenvalue weighted by Gasteiger charge is -2.14. The molecule has 1 aromatic carbocycles.